The lowest BCUT2D eigenvalue weighted by Crippen LogP contribution is -2.43. The summed E-state index contributed by atoms with van der Waals surface area (Å²) in [7, 11) is 0. The number of nitrogens with two attached hydrogens (primary N) is 1. The predicted octanol–water partition coefficient (Wildman–Crippen LogP) is -0.320. The minimum Gasteiger partial charge on any atom is -0.463 e. The Balaban J connectivity index is 4.56. The average molecular weight is 305 g/mol. The molecule has 0 aliphatic carbocycles. The Kier molecular flexibility index (Phi) is 8.68. The molecule has 7 heteroatoms. The molecule has 0 aliphatic heterocycles. The molecule has 0 aromatic heterocycles. The Labute approximate surface area is 125 Å². The highest BCUT2D eigenvalue weighted by Crippen LogP contribution is 2.18. The number of esters is 1. The zero-order chi connectivity index (χ0) is 16.6. The second kappa shape index (κ2) is 9.11. The van der Waals surface area contributed by atoms with E-state index >= 15 is 0 Å². The molecule has 0 bridgehead atoms. The van der Waals surface area contributed by atoms with Gasteiger partial charge in [-0.2, -0.15) is 0 Å². The molecule has 21 heavy (non-hydrogen) atoms. The molecule has 0 aromatic rings. The summed E-state index contributed by atoms with van der Waals surface area (Å²) in [4.78, 5) is 11.4. The van der Waals surface area contributed by atoms with Crippen molar-refractivity contribution in [2.24, 2.45) is 5.73 Å². The van der Waals surface area contributed by atoms with Crippen molar-refractivity contribution in [3.8, 4) is 0 Å². The molecule has 1 unspecified atom stereocenters. The van der Waals surface area contributed by atoms with E-state index in [4.69, 9.17) is 15.2 Å². The van der Waals surface area contributed by atoms with E-state index in [1.54, 1.807) is 6.92 Å². The Morgan fingerprint density at radius 3 is 2.38 bits per heavy atom. The summed E-state index contributed by atoms with van der Waals surface area (Å²) in [5, 5.41) is 29.4. The van der Waals surface area contributed by atoms with Crippen LogP contribution in [0.15, 0.2) is 12.2 Å². The summed E-state index contributed by atoms with van der Waals surface area (Å²) in [5.41, 5.74) is 5.50. The monoisotopic (exact) mass is 305 g/mol. The van der Waals surface area contributed by atoms with Gasteiger partial charge in [-0.05, 0) is 20.8 Å². The number of carbonyl (C=O) groups is 1. The number of ether oxygens (including phenoxy) is 2. The average Bonchev–Trinajstić information content (AvgIpc) is 2.35. The first kappa shape index (κ1) is 20.0. The Hall–Kier alpha value is -0.990. The topological polar surface area (TPSA) is 122 Å². The summed E-state index contributed by atoms with van der Waals surface area (Å²) in [6, 6.07) is 0. The van der Waals surface area contributed by atoms with Gasteiger partial charge in [0.1, 0.15) is 0 Å². The summed E-state index contributed by atoms with van der Waals surface area (Å²) in [6.07, 6.45) is -2.89. The van der Waals surface area contributed by atoms with Gasteiger partial charge in [0.05, 0.1) is 24.9 Å². The first-order valence-electron chi connectivity index (χ1n) is 6.92. The zero-order valence-electron chi connectivity index (χ0n) is 12.9. The van der Waals surface area contributed by atoms with E-state index in [0.717, 1.165) is 0 Å². The number of carbonyl (C=O) groups excluding carboxylic acids is 1. The van der Waals surface area contributed by atoms with E-state index < -0.39 is 30.1 Å². The largest absolute Gasteiger partial charge is 0.463 e. The molecule has 0 fully saturated rings. The molecule has 3 atom stereocenters. The maximum Gasteiger partial charge on any atom is 0.333 e. The fraction of sp³-hybridized carbons (Fsp3) is 0.786. The predicted molar refractivity (Wildman–Crippen MR) is 77.2 cm³/mol. The van der Waals surface area contributed by atoms with E-state index in [0.29, 0.717) is 0 Å². The molecule has 124 valence electrons. The molecule has 0 spiro atoms. The van der Waals surface area contributed by atoms with E-state index in [9.17, 15) is 20.1 Å². The third-order valence-corrected chi connectivity index (χ3v) is 2.66. The fourth-order valence-electron chi connectivity index (χ4n) is 1.76. The van der Waals surface area contributed by atoms with E-state index in [-0.39, 0.29) is 31.6 Å². The lowest BCUT2D eigenvalue weighted by atomic mass is 10.0. The summed E-state index contributed by atoms with van der Waals surface area (Å²) >= 11 is 0. The molecule has 0 rings (SSSR count). The van der Waals surface area contributed by atoms with Crippen LogP contribution < -0.4 is 5.73 Å². The maximum absolute atomic E-state index is 11.4. The highest BCUT2D eigenvalue weighted by Gasteiger charge is 2.29. The van der Waals surface area contributed by atoms with E-state index in [1.807, 2.05) is 0 Å². The molecule has 7 nitrogen and oxygen atoms in total. The van der Waals surface area contributed by atoms with Crippen molar-refractivity contribution in [2.75, 3.05) is 13.2 Å². The Morgan fingerprint density at radius 1 is 1.38 bits per heavy atom. The van der Waals surface area contributed by atoms with Crippen molar-refractivity contribution < 1.29 is 29.6 Å². The third kappa shape index (κ3) is 8.79. The quantitative estimate of drug-likeness (QED) is 0.248. The van der Waals surface area contributed by atoms with Gasteiger partial charge in [0.15, 0.2) is 5.79 Å². The van der Waals surface area contributed by atoms with Gasteiger partial charge in [-0.15, -0.1) is 0 Å². The van der Waals surface area contributed by atoms with Gasteiger partial charge >= 0.3 is 5.97 Å². The zero-order valence-corrected chi connectivity index (χ0v) is 12.9. The lowest BCUT2D eigenvalue weighted by Gasteiger charge is -2.30. The van der Waals surface area contributed by atoms with Gasteiger partial charge < -0.3 is 30.5 Å². The van der Waals surface area contributed by atoms with Gasteiger partial charge in [0, 0.05) is 25.0 Å². The lowest BCUT2D eigenvalue weighted by molar-refractivity contribution is -0.229. The van der Waals surface area contributed by atoms with Crippen LogP contribution in [0, 0.1) is 0 Å². The molecular weight excluding hydrogens is 278 g/mol. The van der Waals surface area contributed by atoms with Crippen molar-refractivity contribution in [3.63, 3.8) is 0 Å². The normalized spacial score (nSPS) is 16.1. The molecule has 0 saturated carbocycles. The van der Waals surface area contributed by atoms with Crippen LogP contribution in [0.2, 0.25) is 0 Å². The Morgan fingerprint density at radius 2 is 1.95 bits per heavy atom. The van der Waals surface area contributed by atoms with Crippen molar-refractivity contribution in [1.82, 2.24) is 0 Å². The molecule has 0 radical (unpaired) electrons. The number of aliphatic hydroxyl groups is 3. The summed E-state index contributed by atoms with van der Waals surface area (Å²) < 4.78 is 10.0. The van der Waals surface area contributed by atoms with Gasteiger partial charge in [0.2, 0.25) is 0 Å². The van der Waals surface area contributed by atoms with Crippen LogP contribution >= 0.6 is 0 Å². The van der Waals surface area contributed by atoms with Crippen molar-refractivity contribution in [3.05, 3.63) is 12.2 Å². The van der Waals surface area contributed by atoms with Crippen molar-refractivity contribution in [2.45, 2.75) is 57.7 Å². The SMILES string of the molecule is C=C(CC(O)C[C@H](OC(C)(C)O)[C@H](O)CN)C(=O)OCC. The fourth-order valence-corrected chi connectivity index (χ4v) is 1.76. The van der Waals surface area contributed by atoms with Gasteiger partial charge in [-0.3, -0.25) is 0 Å². The van der Waals surface area contributed by atoms with Crippen LogP contribution in [0.1, 0.15) is 33.6 Å². The molecule has 5 N–H and O–H groups in total. The number of hydrogen-bond acceptors (Lipinski definition) is 7. The van der Waals surface area contributed by atoms with Gasteiger partial charge in [-0.25, -0.2) is 4.79 Å². The summed E-state index contributed by atoms with van der Waals surface area (Å²) in [6.45, 7) is 8.19. The van der Waals surface area contributed by atoms with Crippen LogP contribution in [0.5, 0.6) is 0 Å². The molecule has 0 aliphatic rings. The van der Waals surface area contributed by atoms with Gasteiger partial charge in [-0.1, -0.05) is 6.58 Å². The molecule has 0 amide bonds. The second-order valence-electron chi connectivity index (χ2n) is 5.32. The first-order chi connectivity index (χ1) is 9.60. The molecule has 0 aromatic carbocycles. The van der Waals surface area contributed by atoms with Gasteiger partial charge in [0.25, 0.3) is 0 Å². The van der Waals surface area contributed by atoms with Crippen LogP contribution in [-0.4, -0.2) is 58.5 Å². The standard InChI is InChI=1S/C14H27NO6/c1-5-20-13(18)9(2)6-10(16)7-12(11(17)8-15)21-14(3,4)19/h10-12,16-17,19H,2,5-8,15H2,1,3-4H3/t10?,11-,12+/m1/s1. The van der Waals surface area contributed by atoms with E-state index in [2.05, 4.69) is 6.58 Å². The smallest absolute Gasteiger partial charge is 0.333 e. The number of aliphatic hydroxyl groups excluding tert-OH is 2. The van der Waals surface area contributed by atoms with E-state index in [1.165, 1.54) is 13.8 Å². The minimum atomic E-state index is -1.47. The van der Waals surface area contributed by atoms with Crippen LogP contribution in [0.25, 0.3) is 0 Å². The van der Waals surface area contributed by atoms with Crippen molar-refractivity contribution in [1.29, 1.82) is 0 Å². The Bertz CT molecular complexity index is 339. The third-order valence-electron chi connectivity index (χ3n) is 2.66. The van der Waals surface area contributed by atoms with Crippen LogP contribution in [-0.2, 0) is 14.3 Å². The maximum atomic E-state index is 11.4. The van der Waals surface area contributed by atoms with Crippen molar-refractivity contribution >= 4 is 5.97 Å². The molecule has 0 heterocycles. The van der Waals surface area contributed by atoms with Crippen LogP contribution in [0.4, 0.5) is 0 Å². The summed E-state index contributed by atoms with van der Waals surface area (Å²) in [5.74, 6) is -2.05. The molecule has 0 saturated heterocycles. The number of rotatable bonds is 10. The first-order valence-corrected chi connectivity index (χ1v) is 6.92. The second-order valence-corrected chi connectivity index (χ2v) is 5.32. The minimum absolute atomic E-state index is 0.000775. The molecular formula is C14H27NO6. The number of hydrogen-bond donors (Lipinski definition) is 4. The highest BCUT2D eigenvalue weighted by atomic mass is 16.6. The highest BCUT2D eigenvalue weighted by molar-refractivity contribution is 5.87. The van der Waals surface area contributed by atoms with Crippen LogP contribution in [0.3, 0.4) is 0 Å².